The van der Waals surface area contributed by atoms with Crippen molar-refractivity contribution in [3.8, 4) is 0 Å². The van der Waals surface area contributed by atoms with E-state index in [0.717, 1.165) is 22.2 Å². The number of pyridine rings is 1. The van der Waals surface area contributed by atoms with Crippen LogP contribution in [0, 0.1) is 5.92 Å². The van der Waals surface area contributed by atoms with E-state index in [4.69, 9.17) is 4.98 Å². The molecule has 8 heteroatoms. The summed E-state index contributed by atoms with van der Waals surface area (Å²) in [6, 6.07) is 10.0. The third kappa shape index (κ3) is 4.75. The number of fused-ring (bicyclic) bond motifs is 1. The lowest BCUT2D eigenvalue weighted by Gasteiger charge is -2.37. The molecule has 3 aromatic rings. The fourth-order valence-corrected chi connectivity index (χ4v) is 4.86. The molecule has 3 heterocycles. The topological polar surface area (TPSA) is 69.6 Å². The highest BCUT2D eigenvalue weighted by Crippen LogP contribution is 2.31. The molecule has 0 saturated carbocycles. The zero-order valence-electron chi connectivity index (χ0n) is 18.8. The van der Waals surface area contributed by atoms with Crippen molar-refractivity contribution in [2.45, 2.75) is 33.7 Å². The van der Waals surface area contributed by atoms with Crippen molar-refractivity contribution < 1.29 is 9.59 Å². The van der Waals surface area contributed by atoms with Crippen LogP contribution in [-0.4, -0.2) is 57.9 Å². The van der Waals surface area contributed by atoms with Gasteiger partial charge in [-0.2, -0.15) is 0 Å². The molecule has 7 nitrogen and oxygen atoms in total. The number of aryl methyl sites for hydroxylation is 1. The third-order valence-electron chi connectivity index (χ3n) is 5.73. The molecule has 2 aromatic heterocycles. The Balaban J connectivity index is 1.59. The Hall–Kier alpha value is -3.00. The van der Waals surface area contributed by atoms with Crippen molar-refractivity contribution in [1.29, 1.82) is 0 Å². The summed E-state index contributed by atoms with van der Waals surface area (Å²) in [5, 5.41) is 0.683. The number of anilines is 1. The van der Waals surface area contributed by atoms with Gasteiger partial charge in [0.15, 0.2) is 5.13 Å². The molecule has 0 radical (unpaired) electrons. The second-order valence-corrected chi connectivity index (χ2v) is 9.36. The number of carbonyl (C=O) groups excluding carboxylic acids is 2. The van der Waals surface area contributed by atoms with Crippen LogP contribution in [0.3, 0.4) is 0 Å². The molecule has 0 atom stereocenters. The normalized spacial score (nSPS) is 14.2. The molecule has 1 aliphatic rings. The zero-order chi connectivity index (χ0) is 22.7. The van der Waals surface area contributed by atoms with Gasteiger partial charge in [-0.15, -0.1) is 0 Å². The Morgan fingerprint density at radius 3 is 2.50 bits per heavy atom. The van der Waals surface area contributed by atoms with E-state index in [9.17, 15) is 9.59 Å². The van der Waals surface area contributed by atoms with E-state index in [1.807, 2.05) is 41.8 Å². The molecule has 32 heavy (non-hydrogen) atoms. The predicted molar refractivity (Wildman–Crippen MR) is 128 cm³/mol. The Morgan fingerprint density at radius 2 is 1.84 bits per heavy atom. The van der Waals surface area contributed by atoms with Gasteiger partial charge in [0.2, 0.25) is 5.91 Å². The van der Waals surface area contributed by atoms with Crippen molar-refractivity contribution in [3.05, 3.63) is 53.9 Å². The number of aromatic nitrogens is 2. The molecule has 0 spiro atoms. The summed E-state index contributed by atoms with van der Waals surface area (Å²) in [5.74, 6) is 0.109. The minimum absolute atomic E-state index is 0.0323. The second-order valence-electron chi connectivity index (χ2n) is 8.35. The third-order valence-corrected chi connectivity index (χ3v) is 6.77. The SMILES string of the molecule is CCc1ccc2nc(N(Cc3cccnc3)C(=O)N3CCN(C(=O)C(C)C)CC3)sc2c1. The molecule has 168 valence electrons. The highest BCUT2D eigenvalue weighted by molar-refractivity contribution is 7.22. The van der Waals surface area contributed by atoms with E-state index in [1.54, 1.807) is 17.3 Å². The Kier molecular flexibility index (Phi) is 6.69. The standard InChI is InChI=1S/C24H29N5O2S/c1-4-18-7-8-20-21(14-18)32-23(26-20)29(16-19-6-5-9-25-15-19)24(31)28-12-10-27(11-13-28)22(30)17(2)3/h5-9,14-15,17H,4,10-13,16H2,1-3H3. The summed E-state index contributed by atoms with van der Waals surface area (Å²) < 4.78 is 1.08. The summed E-state index contributed by atoms with van der Waals surface area (Å²) in [6.45, 7) is 8.51. The van der Waals surface area contributed by atoms with E-state index in [2.05, 4.69) is 24.0 Å². The lowest BCUT2D eigenvalue weighted by molar-refractivity contribution is -0.135. The summed E-state index contributed by atoms with van der Waals surface area (Å²) in [4.78, 5) is 40.3. The first-order valence-corrected chi connectivity index (χ1v) is 11.9. The molecule has 1 aliphatic heterocycles. The summed E-state index contributed by atoms with van der Waals surface area (Å²) in [7, 11) is 0. The number of benzene rings is 1. The van der Waals surface area contributed by atoms with Crippen LogP contribution in [0.25, 0.3) is 10.2 Å². The molecule has 0 N–H and O–H groups in total. The summed E-state index contributed by atoms with van der Waals surface area (Å²) in [6.07, 6.45) is 4.47. The molecule has 0 unspecified atom stereocenters. The fraction of sp³-hybridized carbons (Fsp3) is 0.417. The number of rotatable bonds is 5. The molecular formula is C24H29N5O2S. The molecule has 0 bridgehead atoms. The van der Waals surface area contributed by atoms with Gasteiger partial charge >= 0.3 is 6.03 Å². The van der Waals surface area contributed by atoms with Gasteiger partial charge < -0.3 is 9.80 Å². The molecule has 4 rings (SSSR count). The first-order chi connectivity index (χ1) is 15.5. The minimum atomic E-state index is -0.0831. The largest absolute Gasteiger partial charge is 0.339 e. The number of carbonyl (C=O) groups is 2. The van der Waals surface area contributed by atoms with Gasteiger partial charge in [-0.25, -0.2) is 9.78 Å². The van der Waals surface area contributed by atoms with Crippen LogP contribution in [0.2, 0.25) is 0 Å². The number of thiazole rings is 1. The second kappa shape index (κ2) is 9.65. The van der Waals surface area contributed by atoms with E-state index >= 15 is 0 Å². The van der Waals surface area contributed by atoms with Gasteiger partial charge in [0, 0.05) is 44.5 Å². The molecule has 0 aliphatic carbocycles. The number of hydrogen-bond acceptors (Lipinski definition) is 5. The Morgan fingerprint density at radius 1 is 1.09 bits per heavy atom. The van der Waals surface area contributed by atoms with Gasteiger partial charge in [0.05, 0.1) is 16.8 Å². The van der Waals surface area contributed by atoms with E-state index in [-0.39, 0.29) is 17.9 Å². The lowest BCUT2D eigenvalue weighted by atomic mass is 10.1. The molecule has 1 fully saturated rings. The lowest BCUT2D eigenvalue weighted by Crippen LogP contribution is -2.54. The first kappa shape index (κ1) is 22.2. The number of amides is 3. The van der Waals surface area contributed by atoms with Crippen LogP contribution in [-0.2, 0) is 17.8 Å². The van der Waals surface area contributed by atoms with Crippen molar-refractivity contribution in [1.82, 2.24) is 19.8 Å². The van der Waals surface area contributed by atoms with Crippen molar-refractivity contribution in [2.24, 2.45) is 5.92 Å². The molecule has 3 amide bonds. The van der Waals surface area contributed by atoms with Gasteiger partial charge in [0.1, 0.15) is 0 Å². The minimum Gasteiger partial charge on any atom is -0.339 e. The zero-order valence-corrected chi connectivity index (χ0v) is 19.6. The molecular weight excluding hydrogens is 422 g/mol. The number of hydrogen-bond donors (Lipinski definition) is 0. The van der Waals surface area contributed by atoms with Crippen molar-refractivity contribution in [2.75, 3.05) is 31.1 Å². The Labute approximate surface area is 192 Å². The average Bonchev–Trinajstić information content (AvgIpc) is 3.25. The highest BCUT2D eigenvalue weighted by Gasteiger charge is 2.30. The summed E-state index contributed by atoms with van der Waals surface area (Å²) >= 11 is 1.54. The molecule has 1 saturated heterocycles. The van der Waals surface area contributed by atoms with Crippen LogP contribution < -0.4 is 4.90 Å². The van der Waals surface area contributed by atoms with Crippen molar-refractivity contribution in [3.63, 3.8) is 0 Å². The van der Waals surface area contributed by atoms with Gasteiger partial charge in [-0.3, -0.25) is 14.7 Å². The van der Waals surface area contributed by atoms with E-state index in [0.29, 0.717) is 37.9 Å². The number of piperazine rings is 1. The van der Waals surface area contributed by atoms with Gasteiger partial charge in [-0.1, -0.05) is 44.2 Å². The molecule has 1 aromatic carbocycles. The maximum atomic E-state index is 13.6. The summed E-state index contributed by atoms with van der Waals surface area (Å²) in [5.41, 5.74) is 3.10. The quantitative estimate of drug-likeness (QED) is 0.584. The maximum absolute atomic E-state index is 13.6. The van der Waals surface area contributed by atoms with Gasteiger partial charge in [-0.05, 0) is 35.7 Å². The number of nitrogens with zero attached hydrogens (tertiary/aromatic N) is 5. The van der Waals surface area contributed by atoms with E-state index in [1.165, 1.54) is 16.9 Å². The van der Waals surface area contributed by atoms with Crippen LogP contribution >= 0.6 is 11.3 Å². The Bertz CT molecular complexity index is 1090. The predicted octanol–water partition coefficient (Wildman–Crippen LogP) is 4.18. The average molecular weight is 452 g/mol. The van der Waals surface area contributed by atoms with E-state index < -0.39 is 0 Å². The number of urea groups is 1. The van der Waals surface area contributed by atoms with Crippen LogP contribution in [0.15, 0.2) is 42.7 Å². The smallest absolute Gasteiger partial charge is 0.326 e. The monoisotopic (exact) mass is 451 g/mol. The fourth-order valence-electron chi connectivity index (χ4n) is 3.84. The van der Waals surface area contributed by atoms with Gasteiger partial charge in [0.25, 0.3) is 0 Å². The van der Waals surface area contributed by atoms with Crippen LogP contribution in [0.4, 0.5) is 9.93 Å². The first-order valence-electron chi connectivity index (χ1n) is 11.1. The van der Waals surface area contributed by atoms with Crippen molar-refractivity contribution >= 4 is 38.6 Å². The van der Waals surface area contributed by atoms with Crippen LogP contribution in [0.1, 0.15) is 31.9 Å². The highest BCUT2D eigenvalue weighted by atomic mass is 32.1. The van der Waals surface area contributed by atoms with Crippen LogP contribution in [0.5, 0.6) is 0 Å². The maximum Gasteiger partial charge on any atom is 0.326 e.